The molecule has 0 aliphatic heterocycles. The average molecular weight is 199 g/mol. The molecule has 0 aliphatic carbocycles. The van der Waals surface area contributed by atoms with E-state index in [2.05, 4.69) is 0 Å². The van der Waals surface area contributed by atoms with E-state index < -0.39 is 6.17 Å². The molecule has 0 atom stereocenters. The lowest BCUT2D eigenvalue weighted by Gasteiger charge is -2.02. The second-order valence-corrected chi connectivity index (χ2v) is 3.07. The van der Waals surface area contributed by atoms with E-state index in [0.29, 0.717) is 10.6 Å². The molecule has 1 aromatic rings. The highest BCUT2D eigenvalue weighted by molar-refractivity contribution is 6.30. The Hall–Kier alpha value is -1.03. The summed E-state index contributed by atoms with van der Waals surface area (Å²) in [6, 6.07) is 6.75. The molecule has 0 saturated carbocycles. The topological polar surface area (TPSA) is 72.3 Å². The molecule has 0 spiro atoms. The number of aliphatic hydroxyl groups excluding tert-OH is 1. The van der Waals surface area contributed by atoms with E-state index in [-0.39, 0.29) is 5.76 Å². The van der Waals surface area contributed by atoms with Crippen molar-refractivity contribution < 1.29 is 5.11 Å². The molecule has 5 N–H and O–H groups in total. The zero-order valence-electron chi connectivity index (χ0n) is 6.94. The minimum Gasteiger partial charge on any atom is -0.508 e. The van der Waals surface area contributed by atoms with E-state index in [1.54, 1.807) is 24.3 Å². The Labute approximate surface area is 81.6 Å². The SMILES string of the molecule is NC(N)/C=C(\O)c1ccc(Cl)cc1. The fourth-order valence-corrected chi connectivity index (χ4v) is 1.03. The third-order valence-corrected chi connectivity index (χ3v) is 1.74. The van der Waals surface area contributed by atoms with Crippen molar-refractivity contribution >= 4 is 17.4 Å². The molecule has 3 nitrogen and oxygen atoms in total. The van der Waals surface area contributed by atoms with Crippen molar-refractivity contribution in [1.29, 1.82) is 0 Å². The smallest absolute Gasteiger partial charge is 0.121 e. The van der Waals surface area contributed by atoms with Gasteiger partial charge in [-0.05, 0) is 30.3 Å². The Bertz CT molecular complexity index is 306. The van der Waals surface area contributed by atoms with Gasteiger partial charge in [-0.3, -0.25) is 0 Å². The zero-order chi connectivity index (χ0) is 9.84. The van der Waals surface area contributed by atoms with Gasteiger partial charge in [0.05, 0.1) is 6.17 Å². The number of nitrogens with two attached hydrogens (primary N) is 2. The van der Waals surface area contributed by atoms with Crippen LogP contribution in [0.15, 0.2) is 30.3 Å². The van der Waals surface area contributed by atoms with E-state index in [4.69, 9.17) is 23.1 Å². The lowest BCUT2D eigenvalue weighted by molar-refractivity contribution is 0.507. The summed E-state index contributed by atoms with van der Waals surface area (Å²) in [5, 5.41) is 10.1. The molecule has 4 heteroatoms. The van der Waals surface area contributed by atoms with Crippen LogP contribution in [0.25, 0.3) is 5.76 Å². The van der Waals surface area contributed by atoms with E-state index >= 15 is 0 Å². The molecule has 0 aliphatic rings. The van der Waals surface area contributed by atoms with Gasteiger partial charge in [-0.1, -0.05) is 11.6 Å². The van der Waals surface area contributed by atoms with Crippen molar-refractivity contribution in [3.8, 4) is 0 Å². The molecular formula is C9H11ClN2O. The van der Waals surface area contributed by atoms with Crippen LogP contribution in [-0.2, 0) is 0 Å². The van der Waals surface area contributed by atoms with Crippen molar-refractivity contribution in [2.24, 2.45) is 11.5 Å². The van der Waals surface area contributed by atoms with E-state index in [9.17, 15) is 5.11 Å². The second kappa shape index (κ2) is 4.28. The second-order valence-electron chi connectivity index (χ2n) is 2.64. The first-order chi connectivity index (χ1) is 6.09. The third-order valence-electron chi connectivity index (χ3n) is 1.49. The number of aliphatic hydroxyl groups is 1. The summed E-state index contributed by atoms with van der Waals surface area (Å²) in [5.41, 5.74) is 11.2. The molecule has 1 rings (SSSR count). The van der Waals surface area contributed by atoms with Crippen molar-refractivity contribution in [3.05, 3.63) is 40.9 Å². The number of hydrogen-bond donors (Lipinski definition) is 3. The van der Waals surface area contributed by atoms with Gasteiger partial charge in [-0.2, -0.15) is 0 Å². The standard InChI is InChI=1S/C9H11ClN2O/c10-7-3-1-6(2-4-7)8(13)5-9(11)12/h1-5,9,13H,11-12H2/b8-5-. The number of hydrogen-bond acceptors (Lipinski definition) is 3. The molecule has 0 unspecified atom stereocenters. The van der Waals surface area contributed by atoms with E-state index in [1.165, 1.54) is 6.08 Å². The lowest BCUT2D eigenvalue weighted by Crippen LogP contribution is -2.27. The quantitative estimate of drug-likeness (QED) is 0.498. The van der Waals surface area contributed by atoms with Crippen molar-refractivity contribution in [1.82, 2.24) is 0 Å². The fourth-order valence-electron chi connectivity index (χ4n) is 0.899. The maximum atomic E-state index is 9.44. The summed E-state index contributed by atoms with van der Waals surface area (Å²) >= 11 is 5.67. The highest BCUT2D eigenvalue weighted by Crippen LogP contribution is 2.15. The summed E-state index contributed by atoms with van der Waals surface area (Å²) in [7, 11) is 0. The third kappa shape index (κ3) is 3.06. The van der Waals surface area contributed by atoms with Gasteiger partial charge >= 0.3 is 0 Å². The summed E-state index contributed by atoms with van der Waals surface area (Å²) in [4.78, 5) is 0. The molecule has 70 valence electrons. The van der Waals surface area contributed by atoms with Crippen LogP contribution in [0.5, 0.6) is 0 Å². The lowest BCUT2D eigenvalue weighted by atomic mass is 10.2. The van der Waals surface area contributed by atoms with Crippen molar-refractivity contribution in [2.45, 2.75) is 6.17 Å². The van der Waals surface area contributed by atoms with Gasteiger partial charge in [0.15, 0.2) is 0 Å². The monoisotopic (exact) mass is 198 g/mol. The van der Waals surface area contributed by atoms with Gasteiger partial charge in [0, 0.05) is 10.6 Å². The maximum Gasteiger partial charge on any atom is 0.121 e. The molecule has 0 bridgehead atoms. The summed E-state index contributed by atoms with van der Waals surface area (Å²) in [6.07, 6.45) is 0.708. The van der Waals surface area contributed by atoms with Gasteiger partial charge in [0.25, 0.3) is 0 Å². The summed E-state index contributed by atoms with van der Waals surface area (Å²) in [6.45, 7) is 0. The Balaban J connectivity index is 2.89. The van der Waals surface area contributed by atoms with Gasteiger partial charge in [0.2, 0.25) is 0 Å². The predicted octanol–water partition coefficient (Wildman–Crippen LogP) is 1.48. The van der Waals surface area contributed by atoms with E-state index in [0.717, 1.165) is 0 Å². The van der Waals surface area contributed by atoms with Gasteiger partial charge in [0.1, 0.15) is 5.76 Å². The minimum atomic E-state index is -0.657. The van der Waals surface area contributed by atoms with Crippen LogP contribution in [0.1, 0.15) is 5.56 Å². The molecule has 13 heavy (non-hydrogen) atoms. The number of benzene rings is 1. The highest BCUT2D eigenvalue weighted by Gasteiger charge is 1.99. The number of rotatable bonds is 2. The minimum absolute atomic E-state index is 0.0617. The zero-order valence-corrected chi connectivity index (χ0v) is 7.70. The summed E-state index contributed by atoms with van der Waals surface area (Å²) in [5.74, 6) is 0.0617. The first kappa shape index (κ1) is 10.1. The molecule has 1 aromatic carbocycles. The van der Waals surface area contributed by atoms with Crippen LogP contribution in [0.4, 0.5) is 0 Å². The Morgan fingerprint density at radius 1 is 1.31 bits per heavy atom. The van der Waals surface area contributed by atoms with Crippen LogP contribution in [0, 0.1) is 0 Å². The van der Waals surface area contributed by atoms with Crippen LogP contribution < -0.4 is 11.5 Å². The van der Waals surface area contributed by atoms with Gasteiger partial charge in [-0.15, -0.1) is 0 Å². The molecule has 0 aromatic heterocycles. The highest BCUT2D eigenvalue weighted by atomic mass is 35.5. The summed E-state index contributed by atoms with van der Waals surface area (Å²) < 4.78 is 0. The van der Waals surface area contributed by atoms with Gasteiger partial charge < -0.3 is 16.6 Å². The number of halogens is 1. The maximum absolute atomic E-state index is 9.44. The molecule has 0 radical (unpaired) electrons. The largest absolute Gasteiger partial charge is 0.508 e. The Morgan fingerprint density at radius 3 is 2.31 bits per heavy atom. The Kier molecular flexibility index (Phi) is 3.31. The van der Waals surface area contributed by atoms with Crippen LogP contribution in [0.2, 0.25) is 5.02 Å². The van der Waals surface area contributed by atoms with Crippen LogP contribution in [0.3, 0.4) is 0 Å². The molecule has 0 fully saturated rings. The van der Waals surface area contributed by atoms with Crippen molar-refractivity contribution in [2.75, 3.05) is 0 Å². The van der Waals surface area contributed by atoms with E-state index in [1.807, 2.05) is 0 Å². The van der Waals surface area contributed by atoms with Crippen molar-refractivity contribution in [3.63, 3.8) is 0 Å². The Morgan fingerprint density at radius 2 is 1.85 bits per heavy atom. The molecule has 0 amide bonds. The molecule has 0 heterocycles. The van der Waals surface area contributed by atoms with Gasteiger partial charge in [-0.25, -0.2) is 0 Å². The first-order valence-electron chi connectivity index (χ1n) is 3.77. The normalized spacial score (nSPS) is 12.2. The first-order valence-corrected chi connectivity index (χ1v) is 4.15. The fraction of sp³-hybridized carbons (Fsp3) is 0.111. The van der Waals surface area contributed by atoms with Crippen LogP contribution in [-0.4, -0.2) is 11.3 Å². The van der Waals surface area contributed by atoms with Crippen LogP contribution >= 0.6 is 11.6 Å². The predicted molar refractivity (Wildman–Crippen MR) is 54.2 cm³/mol. The molecular weight excluding hydrogens is 188 g/mol. The average Bonchev–Trinajstić information content (AvgIpc) is 2.04. The molecule has 0 saturated heterocycles.